The van der Waals surface area contributed by atoms with E-state index < -0.39 is 5.97 Å². The minimum absolute atomic E-state index is 0.0948. The van der Waals surface area contributed by atoms with Crippen molar-refractivity contribution in [1.82, 2.24) is 0 Å². The Morgan fingerprint density at radius 1 is 1.00 bits per heavy atom. The topological polar surface area (TPSA) is 66.4 Å². The predicted molar refractivity (Wildman–Crippen MR) is 72.5 cm³/mol. The lowest BCUT2D eigenvalue weighted by molar-refractivity contribution is 0.0697. The molecule has 0 aromatic heterocycles. The number of carbonyl (C=O) groups is 2. The largest absolute Gasteiger partial charge is 0.478 e. The number of carboxylic acids is 1. The fourth-order valence-electron chi connectivity index (χ4n) is 1.70. The van der Waals surface area contributed by atoms with E-state index >= 15 is 0 Å². The third-order valence-electron chi connectivity index (χ3n) is 2.76. The number of aromatic carboxylic acids is 1. The van der Waals surface area contributed by atoms with Gasteiger partial charge in [-0.3, -0.25) is 4.79 Å². The van der Waals surface area contributed by atoms with Crippen LogP contribution in [0.15, 0.2) is 48.5 Å². The average molecular weight is 255 g/mol. The quantitative estimate of drug-likeness (QED) is 0.886. The molecule has 0 radical (unpaired) electrons. The van der Waals surface area contributed by atoms with Crippen LogP contribution in [0.5, 0.6) is 0 Å². The Kier molecular flexibility index (Phi) is 3.61. The molecule has 19 heavy (non-hydrogen) atoms. The van der Waals surface area contributed by atoms with Gasteiger partial charge >= 0.3 is 5.97 Å². The second-order valence-corrected chi connectivity index (χ2v) is 4.16. The molecule has 96 valence electrons. The highest BCUT2D eigenvalue weighted by atomic mass is 16.4. The number of nitrogens with one attached hydrogen (secondary N) is 1. The van der Waals surface area contributed by atoms with Crippen molar-refractivity contribution in [2.75, 3.05) is 5.32 Å². The van der Waals surface area contributed by atoms with Gasteiger partial charge in [-0.25, -0.2) is 4.79 Å². The van der Waals surface area contributed by atoms with Gasteiger partial charge in [0.05, 0.1) is 5.56 Å². The highest BCUT2D eigenvalue weighted by Gasteiger charge is 2.10. The van der Waals surface area contributed by atoms with E-state index in [2.05, 4.69) is 5.32 Å². The lowest BCUT2D eigenvalue weighted by atomic mass is 10.1. The number of para-hydroxylation sites is 1. The Hall–Kier alpha value is -2.62. The maximum Gasteiger partial charge on any atom is 0.335 e. The Morgan fingerprint density at radius 3 is 2.37 bits per heavy atom. The molecule has 0 aliphatic heterocycles. The molecule has 0 fully saturated rings. The molecule has 2 rings (SSSR count). The second-order valence-electron chi connectivity index (χ2n) is 4.16. The van der Waals surface area contributed by atoms with Gasteiger partial charge in [0, 0.05) is 11.3 Å². The van der Waals surface area contributed by atoms with Gasteiger partial charge in [-0.1, -0.05) is 24.3 Å². The Morgan fingerprint density at radius 2 is 1.68 bits per heavy atom. The van der Waals surface area contributed by atoms with Gasteiger partial charge in [-0.05, 0) is 36.8 Å². The number of rotatable bonds is 3. The molecule has 0 saturated heterocycles. The molecule has 0 heterocycles. The van der Waals surface area contributed by atoms with Crippen LogP contribution in [0.3, 0.4) is 0 Å². The molecule has 0 aliphatic rings. The fourth-order valence-corrected chi connectivity index (χ4v) is 1.70. The van der Waals surface area contributed by atoms with Crippen molar-refractivity contribution in [1.29, 1.82) is 0 Å². The summed E-state index contributed by atoms with van der Waals surface area (Å²) in [5, 5.41) is 11.7. The van der Waals surface area contributed by atoms with Crippen LogP contribution in [0.1, 0.15) is 26.3 Å². The van der Waals surface area contributed by atoms with Crippen LogP contribution >= 0.6 is 0 Å². The number of benzene rings is 2. The second kappa shape index (κ2) is 5.35. The third kappa shape index (κ3) is 2.98. The molecule has 0 saturated carbocycles. The normalized spacial score (nSPS) is 9.95. The summed E-state index contributed by atoms with van der Waals surface area (Å²) >= 11 is 0. The van der Waals surface area contributed by atoms with Crippen LogP contribution in [0, 0.1) is 6.92 Å². The zero-order valence-corrected chi connectivity index (χ0v) is 10.4. The van der Waals surface area contributed by atoms with Crippen LogP contribution in [0.4, 0.5) is 5.69 Å². The van der Waals surface area contributed by atoms with Crippen molar-refractivity contribution in [2.45, 2.75) is 6.92 Å². The first-order valence-electron chi connectivity index (χ1n) is 5.78. The zero-order valence-electron chi connectivity index (χ0n) is 10.4. The number of carboxylic acid groups (broad SMARTS) is 1. The first kappa shape index (κ1) is 12.8. The van der Waals surface area contributed by atoms with E-state index in [-0.39, 0.29) is 11.5 Å². The van der Waals surface area contributed by atoms with Crippen molar-refractivity contribution in [3.8, 4) is 0 Å². The molecule has 0 spiro atoms. The summed E-state index contributed by atoms with van der Waals surface area (Å²) in [6.45, 7) is 1.89. The highest BCUT2D eigenvalue weighted by molar-refractivity contribution is 6.05. The van der Waals surface area contributed by atoms with Gasteiger partial charge in [0.25, 0.3) is 5.91 Å². The standard InChI is InChI=1S/C15H13NO3/c1-10-5-2-3-8-13(10)16-14(17)11-6-4-7-12(9-11)15(18)19/h2-9H,1H3,(H,16,17)(H,18,19). The maximum absolute atomic E-state index is 12.0. The van der Waals surface area contributed by atoms with Gasteiger partial charge in [-0.15, -0.1) is 0 Å². The molecule has 0 atom stereocenters. The van der Waals surface area contributed by atoms with Crippen molar-refractivity contribution >= 4 is 17.6 Å². The zero-order chi connectivity index (χ0) is 13.8. The van der Waals surface area contributed by atoms with Gasteiger partial charge < -0.3 is 10.4 Å². The van der Waals surface area contributed by atoms with Crippen LogP contribution in [-0.2, 0) is 0 Å². The first-order chi connectivity index (χ1) is 9.08. The molecule has 4 nitrogen and oxygen atoms in total. The molecule has 2 aromatic carbocycles. The summed E-state index contributed by atoms with van der Waals surface area (Å²) in [4.78, 5) is 22.9. The average Bonchev–Trinajstić information content (AvgIpc) is 2.41. The molecular weight excluding hydrogens is 242 g/mol. The smallest absolute Gasteiger partial charge is 0.335 e. The van der Waals surface area contributed by atoms with Crippen LogP contribution in [0.25, 0.3) is 0 Å². The summed E-state index contributed by atoms with van der Waals surface area (Å²) in [7, 11) is 0. The minimum Gasteiger partial charge on any atom is -0.478 e. The number of carbonyl (C=O) groups excluding carboxylic acids is 1. The van der Waals surface area contributed by atoms with E-state index in [9.17, 15) is 9.59 Å². The Labute approximate surface area is 110 Å². The van der Waals surface area contributed by atoms with E-state index in [1.807, 2.05) is 25.1 Å². The fraction of sp³-hybridized carbons (Fsp3) is 0.0667. The van der Waals surface area contributed by atoms with E-state index in [0.717, 1.165) is 5.56 Å². The molecule has 4 heteroatoms. The third-order valence-corrected chi connectivity index (χ3v) is 2.76. The Bertz CT molecular complexity index is 635. The van der Waals surface area contributed by atoms with Crippen molar-refractivity contribution in [3.63, 3.8) is 0 Å². The van der Waals surface area contributed by atoms with Gasteiger partial charge in [0.1, 0.15) is 0 Å². The number of anilines is 1. The lowest BCUT2D eigenvalue weighted by Gasteiger charge is -2.08. The van der Waals surface area contributed by atoms with Crippen molar-refractivity contribution in [3.05, 3.63) is 65.2 Å². The van der Waals surface area contributed by atoms with Gasteiger partial charge in [0.2, 0.25) is 0 Å². The number of aryl methyl sites for hydroxylation is 1. The van der Waals surface area contributed by atoms with Crippen LogP contribution in [0.2, 0.25) is 0 Å². The molecule has 0 bridgehead atoms. The first-order valence-corrected chi connectivity index (χ1v) is 5.78. The summed E-state index contributed by atoms with van der Waals surface area (Å²) in [6.07, 6.45) is 0. The summed E-state index contributed by atoms with van der Waals surface area (Å²) < 4.78 is 0. The molecular formula is C15H13NO3. The number of amides is 1. The predicted octanol–water partition coefficient (Wildman–Crippen LogP) is 2.95. The van der Waals surface area contributed by atoms with E-state index in [0.29, 0.717) is 11.3 Å². The highest BCUT2D eigenvalue weighted by Crippen LogP contribution is 2.15. The molecule has 0 unspecified atom stereocenters. The van der Waals surface area contributed by atoms with Crippen molar-refractivity contribution in [2.24, 2.45) is 0 Å². The summed E-state index contributed by atoms with van der Waals surface area (Å²) in [5.41, 5.74) is 2.08. The number of hydrogen-bond donors (Lipinski definition) is 2. The Balaban J connectivity index is 2.23. The summed E-state index contributed by atoms with van der Waals surface area (Å²) in [5.74, 6) is -1.37. The van der Waals surface area contributed by atoms with E-state index in [1.54, 1.807) is 18.2 Å². The summed E-state index contributed by atoms with van der Waals surface area (Å²) in [6, 6.07) is 13.4. The van der Waals surface area contributed by atoms with Gasteiger partial charge in [0.15, 0.2) is 0 Å². The van der Waals surface area contributed by atoms with Crippen molar-refractivity contribution < 1.29 is 14.7 Å². The number of hydrogen-bond acceptors (Lipinski definition) is 2. The SMILES string of the molecule is Cc1ccccc1NC(=O)c1cccc(C(=O)O)c1. The molecule has 2 N–H and O–H groups in total. The lowest BCUT2D eigenvalue weighted by Crippen LogP contribution is -2.13. The maximum atomic E-state index is 12.0. The van der Waals surface area contributed by atoms with E-state index in [4.69, 9.17) is 5.11 Å². The monoisotopic (exact) mass is 255 g/mol. The molecule has 1 amide bonds. The molecule has 2 aromatic rings. The van der Waals surface area contributed by atoms with Crippen LogP contribution in [-0.4, -0.2) is 17.0 Å². The molecule has 0 aliphatic carbocycles. The minimum atomic E-state index is -1.05. The van der Waals surface area contributed by atoms with Crippen LogP contribution < -0.4 is 5.32 Å². The van der Waals surface area contributed by atoms with Gasteiger partial charge in [-0.2, -0.15) is 0 Å². The van der Waals surface area contributed by atoms with E-state index in [1.165, 1.54) is 12.1 Å².